The van der Waals surface area contributed by atoms with Gasteiger partial charge in [-0.15, -0.1) is 0 Å². The summed E-state index contributed by atoms with van der Waals surface area (Å²) in [4.78, 5) is 53.0. The van der Waals surface area contributed by atoms with Crippen LogP contribution >= 0.6 is 0 Å². The van der Waals surface area contributed by atoms with E-state index in [1.807, 2.05) is 26.8 Å². The number of rotatable bonds is 5. The molecule has 3 saturated carbocycles. The molecule has 2 bridgehead atoms. The molecule has 39 heavy (non-hydrogen) atoms. The Bertz CT molecular complexity index is 1220. The van der Waals surface area contributed by atoms with Crippen molar-refractivity contribution in [3.8, 4) is 0 Å². The number of carbonyl (C=O) groups excluding carboxylic acids is 4. The summed E-state index contributed by atoms with van der Waals surface area (Å²) in [5.74, 6) is -2.67. The first-order valence-corrected chi connectivity index (χ1v) is 14.1. The number of furan rings is 1. The topological polar surface area (TPSA) is 122 Å². The van der Waals surface area contributed by atoms with E-state index in [2.05, 4.69) is 6.92 Å². The molecule has 5 aliphatic rings. The number of hydrogen-bond donors (Lipinski definition) is 0. The minimum Gasteiger partial charge on any atom is -0.472 e. The summed E-state index contributed by atoms with van der Waals surface area (Å²) in [6.45, 7) is 9.81. The van der Waals surface area contributed by atoms with Gasteiger partial charge in [0.2, 0.25) is 0 Å². The Labute approximate surface area is 228 Å². The highest BCUT2D eigenvalue weighted by Gasteiger charge is 2.86. The van der Waals surface area contributed by atoms with E-state index in [1.165, 1.54) is 7.11 Å². The second kappa shape index (κ2) is 8.41. The molecule has 3 aliphatic carbocycles. The van der Waals surface area contributed by atoms with Gasteiger partial charge >= 0.3 is 17.9 Å². The zero-order valence-electron chi connectivity index (χ0n) is 23.5. The number of carbonyl (C=O) groups is 4. The number of esters is 3. The number of fused-ring (bicyclic) bond motifs is 5. The third-order valence-electron chi connectivity index (χ3n) is 11.4. The fourth-order valence-electron chi connectivity index (χ4n) is 9.53. The van der Waals surface area contributed by atoms with Crippen molar-refractivity contribution >= 4 is 23.7 Å². The molecule has 2 aliphatic heterocycles. The molecule has 1 aromatic heterocycles. The summed E-state index contributed by atoms with van der Waals surface area (Å²) in [7, 11) is 1.35. The Morgan fingerprint density at radius 2 is 1.85 bits per heavy atom. The third-order valence-corrected chi connectivity index (χ3v) is 11.4. The summed E-state index contributed by atoms with van der Waals surface area (Å²) in [6, 6.07) is 1.83. The molecular weight excluding hydrogens is 504 g/mol. The van der Waals surface area contributed by atoms with Crippen LogP contribution in [0.3, 0.4) is 0 Å². The zero-order valence-corrected chi connectivity index (χ0v) is 23.5. The Kier molecular flexibility index (Phi) is 5.72. The van der Waals surface area contributed by atoms with Crippen LogP contribution in [0.25, 0.3) is 0 Å². The first kappa shape index (κ1) is 26.5. The Morgan fingerprint density at radius 3 is 2.49 bits per heavy atom. The minimum atomic E-state index is -0.932. The molecule has 212 valence electrons. The lowest BCUT2D eigenvalue weighted by Crippen LogP contribution is -2.72. The molecule has 0 unspecified atom stereocenters. The van der Waals surface area contributed by atoms with Crippen LogP contribution in [0.5, 0.6) is 0 Å². The fraction of sp³-hybridized carbons (Fsp3) is 0.733. The Hall–Kier alpha value is -2.68. The van der Waals surface area contributed by atoms with Crippen LogP contribution in [0, 0.1) is 39.9 Å². The number of hydrogen-bond acceptors (Lipinski definition) is 9. The lowest BCUT2D eigenvalue weighted by atomic mass is 9.37. The summed E-state index contributed by atoms with van der Waals surface area (Å²) >= 11 is 0. The molecule has 2 saturated heterocycles. The minimum absolute atomic E-state index is 0.0128. The SMILES string of the molecule is CCC(=O)O[C@@H]1[C@H]2C(=O)[C@](C)([C@H]3CC[C@]4(C)[C@@H](CC(=O)O[C@H]4c4ccoc4)[C@]34O[C@H]24)[C@@H](CC(=O)OC)C1(C)C. The van der Waals surface area contributed by atoms with E-state index in [-0.39, 0.29) is 42.9 Å². The van der Waals surface area contributed by atoms with Crippen molar-refractivity contribution in [3.05, 3.63) is 24.2 Å². The van der Waals surface area contributed by atoms with Crippen LogP contribution in [0.2, 0.25) is 0 Å². The maximum atomic E-state index is 14.5. The van der Waals surface area contributed by atoms with Crippen molar-refractivity contribution < 1.29 is 42.5 Å². The van der Waals surface area contributed by atoms with Gasteiger partial charge in [0.25, 0.3) is 0 Å². The van der Waals surface area contributed by atoms with Gasteiger partial charge in [-0.25, -0.2) is 0 Å². The smallest absolute Gasteiger partial charge is 0.306 e. The summed E-state index contributed by atoms with van der Waals surface area (Å²) < 4.78 is 29.1. The van der Waals surface area contributed by atoms with Gasteiger partial charge in [0.1, 0.15) is 29.7 Å². The fourth-order valence-corrected chi connectivity index (χ4v) is 9.53. The second-order valence-corrected chi connectivity index (χ2v) is 13.3. The van der Waals surface area contributed by atoms with Crippen LogP contribution in [0.4, 0.5) is 0 Å². The molecule has 1 spiro atoms. The van der Waals surface area contributed by atoms with Gasteiger partial charge in [0.15, 0.2) is 0 Å². The van der Waals surface area contributed by atoms with E-state index in [0.717, 1.165) is 12.0 Å². The van der Waals surface area contributed by atoms with Gasteiger partial charge in [-0.05, 0) is 24.8 Å². The highest BCUT2D eigenvalue weighted by Crippen LogP contribution is 2.77. The molecule has 1 aromatic rings. The molecule has 0 amide bonds. The zero-order chi connectivity index (χ0) is 28.1. The van der Waals surface area contributed by atoms with Crippen molar-refractivity contribution in [3.63, 3.8) is 0 Å². The molecular formula is C30H38O9. The van der Waals surface area contributed by atoms with Crippen molar-refractivity contribution in [1.82, 2.24) is 0 Å². The van der Waals surface area contributed by atoms with Crippen LogP contribution in [-0.2, 0) is 38.1 Å². The number of epoxide rings is 1. The molecule has 9 heteroatoms. The average Bonchev–Trinajstić information content (AvgIpc) is 3.35. The first-order chi connectivity index (χ1) is 18.4. The quantitative estimate of drug-likeness (QED) is 0.306. The maximum Gasteiger partial charge on any atom is 0.306 e. The van der Waals surface area contributed by atoms with Gasteiger partial charge in [0, 0.05) is 46.5 Å². The summed E-state index contributed by atoms with van der Waals surface area (Å²) in [6.07, 6.45) is 3.23. The lowest BCUT2D eigenvalue weighted by molar-refractivity contribution is -0.221. The van der Waals surface area contributed by atoms with E-state index in [9.17, 15) is 19.2 Å². The Balaban J connectivity index is 1.49. The summed E-state index contributed by atoms with van der Waals surface area (Å²) in [5, 5.41) is 0. The van der Waals surface area contributed by atoms with Crippen LogP contribution in [-0.4, -0.2) is 48.6 Å². The molecule has 0 N–H and O–H groups in total. The third kappa shape index (κ3) is 3.28. The number of ether oxygens (including phenoxy) is 4. The molecule has 9 nitrogen and oxygen atoms in total. The van der Waals surface area contributed by atoms with Gasteiger partial charge in [-0.3, -0.25) is 19.2 Å². The number of cyclic esters (lactones) is 1. The molecule has 10 atom stereocenters. The number of methoxy groups -OCH3 is 1. The molecule has 0 aromatic carbocycles. The highest BCUT2D eigenvalue weighted by atomic mass is 16.6. The molecule has 0 radical (unpaired) electrons. The summed E-state index contributed by atoms with van der Waals surface area (Å²) in [5.41, 5.74) is -2.03. The normalized spacial score (nSPS) is 45.2. The second-order valence-electron chi connectivity index (χ2n) is 13.3. The highest BCUT2D eigenvalue weighted by molar-refractivity contribution is 5.93. The van der Waals surface area contributed by atoms with Crippen LogP contribution in [0.1, 0.15) is 78.4 Å². The number of ketones is 1. The van der Waals surface area contributed by atoms with Crippen LogP contribution in [0.15, 0.2) is 23.0 Å². The van der Waals surface area contributed by atoms with Gasteiger partial charge < -0.3 is 23.4 Å². The maximum absolute atomic E-state index is 14.5. The lowest BCUT2D eigenvalue weighted by Gasteiger charge is -2.65. The monoisotopic (exact) mass is 542 g/mol. The largest absolute Gasteiger partial charge is 0.472 e. The van der Waals surface area contributed by atoms with E-state index >= 15 is 0 Å². The number of Topliss-reactive ketones (excluding diaryl/α,β-unsaturated/α-hetero) is 1. The molecule has 3 heterocycles. The molecule has 6 rings (SSSR count). The van der Waals surface area contributed by atoms with Gasteiger partial charge in [-0.1, -0.05) is 34.6 Å². The van der Waals surface area contributed by atoms with Gasteiger partial charge in [0.05, 0.1) is 32.0 Å². The van der Waals surface area contributed by atoms with E-state index < -0.39 is 63.9 Å². The molecule has 5 fully saturated rings. The van der Waals surface area contributed by atoms with E-state index in [4.69, 9.17) is 23.4 Å². The van der Waals surface area contributed by atoms with Crippen molar-refractivity contribution in [1.29, 1.82) is 0 Å². The predicted molar refractivity (Wildman–Crippen MR) is 135 cm³/mol. The van der Waals surface area contributed by atoms with Crippen molar-refractivity contribution in [2.24, 2.45) is 39.9 Å². The van der Waals surface area contributed by atoms with E-state index in [0.29, 0.717) is 6.42 Å². The standard InChI is InChI=1S/C30H38O9/c1-7-19(31)37-25-22-23(34)29(5,17(27(25,2)3)12-20(32)35-6)16-8-10-28(4)18(30(16)26(22)39-30)13-21(33)38-24(28)15-9-11-36-14-15/h9,11,14,16-18,22,24-26H,7-8,10,12-13H2,1-6H3/t16-,17+,18-,22-,24+,25-,26-,28-,29-,30-/m1/s1. The van der Waals surface area contributed by atoms with E-state index in [1.54, 1.807) is 19.5 Å². The predicted octanol–water partition coefficient (Wildman–Crippen LogP) is 4.18. The van der Waals surface area contributed by atoms with Crippen molar-refractivity contribution in [2.75, 3.05) is 7.11 Å². The van der Waals surface area contributed by atoms with Gasteiger partial charge in [-0.2, -0.15) is 0 Å². The van der Waals surface area contributed by atoms with Crippen molar-refractivity contribution in [2.45, 2.75) is 90.6 Å². The first-order valence-electron chi connectivity index (χ1n) is 14.1. The van der Waals surface area contributed by atoms with Crippen LogP contribution < -0.4 is 0 Å². The Morgan fingerprint density at radius 1 is 1.10 bits per heavy atom. The average molecular weight is 543 g/mol.